The van der Waals surface area contributed by atoms with Crippen molar-refractivity contribution < 1.29 is 14.2 Å². The van der Waals surface area contributed by atoms with Gasteiger partial charge in [-0.3, -0.25) is 9.59 Å². The SMILES string of the molecule is Cl.N#CCCNc1nonc1-c1nc2ccccc2n1CC(=O)c1ccc(C(N)=O)cc1. The molecule has 0 radical (unpaired) electrons. The number of aromatic nitrogens is 4. The van der Waals surface area contributed by atoms with Gasteiger partial charge in [-0.2, -0.15) is 5.26 Å². The Morgan fingerprint density at radius 3 is 2.53 bits per heavy atom. The van der Waals surface area contributed by atoms with Crippen LogP contribution in [0.15, 0.2) is 53.2 Å². The maximum Gasteiger partial charge on any atom is 0.248 e. The number of nitriles is 1. The van der Waals surface area contributed by atoms with Gasteiger partial charge in [0, 0.05) is 17.7 Å². The second-order valence-electron chi connectivity index (χ2n) is 6.67. The molecule has 0 aliphatic rings. The number of ketones is 1. The van der Waals surface area contributed by atoms with E-state index in [1.165, 1.54) is 12.1 Å². The van der Waals surface area contributed by atoms with E-state index in [0.717, 1.165) is 5.52 Å². The molecular weight excluding hydrogens is 434 g/mol. The van der Waals surface area contributed by atoms with Crippen LogP contribution >= 0.6 is 12.4 Å². The van der Waals surface area contributed by atoms with Crippen molar-refractivity contribution in [3.8, 4) is 17.6 Å². The lowest BCUT2D eigenvalue weighted by Gasteiger charge is -2.08. The number of carbonyl (C=O) groups excluding carboxylic acids is 2. The van der Waals surface area contributed by atoms with Gasteiger partial charge < -0.3 is 15.6 Å². The van der Waals surface area contributed by atoms with Crippen LogP contribution in [0.3, 0.4) is 0 Å². The van der Waals surface area contributed by atoms with Gasteiger partial charge in [-0.1, -0.05) is 24.3 Å². The van der Waals surface area contributed by atoms with E-state index < -0.39 is 5.91 Å². The Hall–Kier alpha value is -4.23. The maximum absolute atomic E-state index is 13.0. The Kier molecular flexibility index (Phi) is 6.82. The van der Waals surface area contributed by atoms with Crippen LogP contribution in [-0.4, -0.2) is 38.1 Å². The number of carbonyl (C=O) groups is 2. The number of para-hydroxylation sites is 2. The predicted octanol–water partition coefficient (Wildman–Crippen LogP) is 2.82. The lowest BCUT2D eigenvalue weighted by molar-refractivity contribution is 0.0969. The summed E-state index contributed by atoms with van der Waals surface area (Å²) < 4.78 is 6.61. The number of nitrogens with one attached hydrogen (secondary N) is 1. The molecule has 4 rings (SSSR count). The summed E-state index contributed by atoms with van der Waals surface area (Å²) >= 11 is 0. The zero-order valence-electron chi connectivity index (χ0n) is 16.7. The number of nitrogens with zero attached hydrogens (tertiary/aromatic N) is 5. The zero-order chi connectivity index (χ0) is 21.8. The first-order chi connectivity index (χ1) is 15.1. The van der Waals surface area contributed by atoms with Crippen molar-refractivity contribution >= 4 is 40.9 Å². The molecule has 1 amide bonds. The molecule has 10 nitrogen and oxygen atoms in total. The predicted molar refractivity (Wildman–Crippen MR) is 118 cm³/mol. The van der Waals surface area contributed by atoms with Gasteiger partial charge in [-0.25, -0.2) is 9.61 Å². The molecule has 0 saturated heterocycles. The molecule has 0 saturated carbocycles. The largest absolute Gasteiger partial charge is 0.366 e. The van der Waals surface area contributed by atoms with Crippen LogP contribution in [-0.2, 0) is 6.54 Å². The van der Waals surface area contributed by atoms with Crippen LogP contribution < -0.4 is 11.1 Å². The highest BCUT2D eigenvalue weighted by Crippen LogP contribution is 2.28. The zero-order valence-corrected chi connectivity index (χ0v) is 17.5. The molecule has 0 aliphatic carbocycles. The lowest BCUT2D eigenvalue weighted by atomic mass is 10.1. The summed E-state index contributed by atoms with van der Waals surface area (Å²) in [4.78, 5) is 28.9. The quantitative estimate of drug-likeness (QED) is 0.306. The molecule has 32 heavy (non-hydrogen) atoms. The summed E-state index contributed by atoms with van der Waals surface area (Å²) in [5.41, 5.74) is 7.78. The number of hydrogen-bond acceptors (Lipinski definition) is 8. The van der Waals surface area contributed by atoms with Gasteiger partial charge in [0.15, 0.2) is 17.3 Å². The molecule has 0 unspecified atom stereocenters. The number of fused-ring (bicyclic) bond motifs is 1. The van der Waals surface area contributed by atoms with Crippen molar-refractivity contribution in [3.63, 3.8) is 0 Å². The van der Waals surface area contributed by atoms with Gasteiger partial charge in [0.2, 0.25) is 11.7 Å². The summed E-state index contributed by atoms with van der Waals surface area (Å²) in [6, 6.07) is 15.6. The van der Waals surface area contributed by atoms with Crippen molar-refractivity contribution in [2.75, 3.05) is 11.9 Å². The minimum absolute atomic E-state index is 0. The highest BCUT2D eigenvalue weighted by Gasteiger charge is 2.22. The van der Waals surface area contributed by atoms with Crippen molar-refractivity contribution in [1.29, 1.82) is 5.26 Å². The van der Waals surface area contributed by atoms with E-state index in [2.05, 4.69) is 20.6 Å². The Balaban J connectivity index is 0.00000289. The minimum Gasteiger partial charge on any atom is -0.366 e. The van der Waals surface area contributed by atoms with E-state index in [0.29, 0.717) is 40.5 Å². The van der Waals surface area contributed by atoms with Crippen LogP contribution in [0.25, 0.3) is 22.6 Å². The highest BCUT2D eigenvalue weighted by atomic mass is 35.5. The molecule has 0 fully saturated rings. The summed E-state index contributed by atoms with van der Waals surface area (Å²) in [5.74, 6) is 0.00166. The Morgan fingerprint density at radius 2 is 1.81 bits per heavy atom. The number of nitrogens with two attached hydrogens (primary N) is 1. The summed E-state index contributed by atoms with van der Waals surface area (Å²) in [6.45, 7) is 0.347. The molecule has 0 spiro atoms. The van der Waals surface area contributed by atoms with Crippen molar-refractivity contribution in [2.24, 2.45) is 5.73 Å². The van der Waals surface area contributed by atoms with Gasteiger partial charge in [-0.15, -0.1) is 12.4 Å². The summed E-state index contributed by atoms with van der Waals surface area (Å²) in [6.07, 6.45) is 0.280. The van der Waals surface area contributed by atoms with Crippen LogP contribution in [0, 0.1) is 11.3 Å². The van der Waals surface area contributed by atoms with Crippen LogP contribution in [0.1, 0.15) is 27.1 Å². The topological polar surface area (TPSA) is 153 Å². The first-order valence-electron chi connectivity index (χ1n) is 9.40. The van der Waals surface area contributed by atoms with Crippen LogP contribution in [0.2, 0.25) is 0 Å². The van der Waals surface area contributed by atoms with Crippen molar-refractivity contribution in [3.05, 3.63) is 59.7 Å². The number of Topliss-reactive ketones (excluding diaryl/α,β-unsaturated/α-hetero) is 1. The van der Waals surface area contributed by atoms with Gasteiger partial charge in [0.05, 0.1) is 30.1 Å². The summed E-state index contributed by atoms with van der Waals surface area (Å²) in [5, 5.41) is 19.5. The molecule has 11 heteroatoms. The number of benzene rings is 2. The van der Waals surface area contributed by atoms with Gasteiger partial charge in [0.1, 0.15) is 0 Å². The number of imidazole rings is 1. The van der Waals surface area contributed by atoms with Crippen LogP contribution in [0.4, 0.5) is 5.82 Å². The summed E-state index contributed by atoms with van der Waals surface area (Å²) in [7, 11) is 0. The molecule has 0 aliphatic heterocycles. The minimum atomic E-state index is -0.558. The van der Waals surface area contributed by atoms with E-state index in [-0.39, 0.29) is 31.2 Å². The van der Waals surface area contributed by atoms with Crippen molar-refractivity contribution in [1.82, 2.24) is 19.9 Å². The molecule has 0 atom stereocenters. The lowest BCUT2D eigenvalue weighted by Crippen LogP contribution is -2.14. The standard InChI is InChI=1S/C21H17N7O3.ClH/c22-10-3-11-24-20-18(26-31-27-20)21-25-15-4-1-2-5-16(15)28(21)12-17(29)13-6-8-14(9-7-13)19(23)30;/h1-2,4-9H,3,11-12H2,(H2,23,30)(H,24,27);1H. The molecular formula is C21H18ClN7O3. The average Bonchev–Trinajstić information content (AvgIpc) is 3.38. The number of rotatable bonds is 8. The fourth-order valence-corrected chi connectivity index (χ4v) is 3.16. The van der Waals surface area contributed by atoms with E-state index in [9.17, 15) is 9.59 Å². The van der Waals surface area contributed by atoms with Crippen LogP contribution in [0.5, 0.6) is 0 Å². The molecule has 2 aromatic carbocycles. The number of primary amides is 1. The van der Waals surface area contributed by atoms with Gasteiger partial charge >= 0.3 is 0 Å². The van der Waals surface area contributed by atoms with Gasteiger partial charge in [0.25, 0.3) is 0 Å². The second-order valence-corrected chi connectivity index (χ2v) is 6.67. The Morgan fingerprint density at radius 1 is 1.09 bits per heavy atom. The third-order valence-corrected chi connectivity index (χ3v) is 4.68. The van der Waals surface area contributed by atoms with Gasteiger partial charge in [-0.05, 0) is 34.6 Å². The maximum atomic E-state index is 13.0. The second kappa shape index (κ2) is 9.72. The number of halogens is 1. The third kappa shape index (κ3) is 4.43. The molecule has 2 aromatic heterocycles. The Bertz CT molecular complexity index is 1310. The molecule has 3 N–H and O–H groups in total. The Labute approximate surface area is 188 Å². The fourth-order valence-electron chi connectivity index (χ4n) is 3.16. The monoisotopic (exact) mass is 451 g/mol. The first-order valence-corrected chi connectivity index (χ1v) is 9.40. The smallest absolute Gasteiger partial charge is 0.248 e. The van der Waals surface area contributed by atoms with E-state index >= 15 is 0 Å². The van der Waals surface area contributed by atoms with E-state index in [1.54, 1.807) is 16.7 Å². The van der Waals surface area contributed by atoms with E-state index in [1.807, 2.05) is 30.3 Å². The molecule has 162 valence electrons. The average molecular weight is 452 g/mol. The molecule has 2 heterocycles. The fraction of sp³-hybridized carbons (Fsp3) is 0.143. The number of hydrogen-bond donors (Lipinski definition) is 2. The van der Waals surface area contributed by atoms with Crippen molar-refractivity contribution in [2.45, 2.75) is 13.0 Å². The molecule has 0 bridgehead atoms. The molecule has 4 aromatic rings. The number of amides is 1. The highest BCUT2D eigenvalue weighted by molar-refractivity contribution is 5.99. The first kappa shape index (κ1) is 22.5. The van der Waals surface area contributed by atoms with E-state index in [4.69, 9.17) is 15.6 Å². The number of anilines is 1. The normalized spacial score (nSPS) is 10.3. The third-order valence-electron chi connectivity index (χ3n) is 4.68.